The fraction of sp³-hybridized carbons (Fsp3) is 0.889. The van der Waals surface area contributed by atoms with Crippen LogP contribution < -0.4 is 5.31 Å². The van der Waals surface area contributed by atoms with Gasteiger partial charge in [0.1, 0.15) is 7.20 Å². The molecule has 1 aliphatic rings. The Hall–Kier alpha value is -0.370. The highest BCUT2D eigenvalue weighted by Gasteiger charge is 2.36. The first-order chi connectivity index (χ1) is 11.8. The van der Waals surface area contributed by atoms with Crippen molar-refractivity contribution in [2.45, 2.75) is 51.2 Å². The van der Waals surface area contributed by atoms with Crippen LogP contribution in [0.5, 0.6) is 0 Å². The first kappa shape index (κ1) is 1.29. The third kappa shape index (κ3) is 2.29. The van der Waals surface area contributed by atoms with Gasteiger partial charge in [0.05, 0.1) is 0 Å². The number of rotatable bonds is 0. The lowest BCUT2D eigenvalue weighted by molar-refractivity contribution is -0.124. The molecule has 11 heavy (non-hydrogen) atoms. The van der Waals surface area contributed by atoms with E-state index in [9.17, 15) is 4.79 Å². The number of hydrogen-bond acceptors (Lipinski definition) is 2. The first-order valence-electron chi connectivity index (χ1n) is 11.1. The molecule has 0 amide bonds. The van der Waals surface area contributed by atoms with Gasteiger partial charge in [0.2, 0.25) is 0 Å². The average molecular weight is 173 g/mol. The summed E-state index contributed by atoms with van der Waals surface area (Å²) >= 11 is 0. The van der Waals surface area contributed by atoms with Crippen LogP contribution in [0.1, 0.15) is 62.1 Å². The highest BCUT2D eigenvalue weighted by Crippen LogP contribution is 2.25. The summed E-state index contributed by atoms with van der Waals surface area (Å²) in [5.74, 6) is -2.50. The van der Waals surface area contributed by atoms with E-state index in [1.54, 1.807) is 0 Å². The Balaban J connectivity index is 4.41. The maximum atomic E-state index is 12.7. The zero-order valence-electron chi connectivity index (χ0n) is 22.4. The molecule has 0 atom stereocenters. The van der Waals surface area contributed by atoms with Gasteiger partial charge in [0.25, 0.3) is 0 Å². The summed E-state index contributed by atoms with van der Waals surface area (Å²) in [4.78, 5) is 12.7. The molecule has 0 aromatic rings. The molecule has 0 unspecified atom stereocenters. The second-order valence-corrected chi connectivity index (χ2v) is 2.11. The second-order valence-electron chi connectivity index (χ2n) is 2.11. The van der Waals surface area contributed by atoms with Crippen LogP contribution in [0, 0.1) is 0 Å². The van der Waals surface area contributed by atoms with Gasteiger partial charge in [-0.25, -0.2) is 0 Å². The van der Waals surface area contributed by atoms with Crippen molar-refractivity contribution in [3.8, 4) is 0 Å². The summed E-state index contributed by atoms with van der Waals surface area (Å²) in [6.45, 7) is -16.6. The van der Waals surface area contributed by atoms with Crippen molar-refractivity contribution in [3.05, 3.63) is 0 Å². The second kappa shape index (κ2) is 2.31. The van der Waals surface area contributed by atoms with Crippen molar-refractivity contribution in [1.29, 1.82) is 0 Å². The predicted octanol–water partition coefficient (Wildman–Crippen LogP) is 1.50. The van der Waals surface area contributed by atoms with Crippen molar-refractivity contribution in [2.24, 2.45) is 0 Å². The molecule has 2 heteroatoms. The molecule has 0 aliphatic carbocycles. The van der Waals surface area contributed by atoms with Gasteiger partial charge in [0.15, 0.2) is 0 Å². The van der Waals surface area contributed by atoms with Gasteiger partial charge < -0.3 is 5.31 Å². The summed E-state index contributed by atoms with van der Waals surface area (Å²) in [5, 5.41) is -1.05. The molecule has 1 N–H and O–H groups in total. The molecule has 0 saturated carbocycles. The van der Waals surface area contributed by atoms with E-state index in [1.165, 1.54) is 0 Å². The molecule has 0 spiro atoms. The van der Waals surface area contributed by atoms with Gasteiger partial charge in [-0.2, -0.15) is 0 Å². The first-order valence-corrected chi connectivity index (χ1v) is 2.65. The topological polar surface area (TPSA) is 29.1 Å². The summed E-state index contributed by atoms with van der Waals surface area (Å²) in [5.41, 5.74) is -8.59. The zero-order chi connectivity index (χ0) is 23.2. The lowest BCUT2D eigenvalue weighted by atomic mass is 9.86. The van der Waals surface area contributed by atoms with Crippen molar-refractivity contribution in [1.82, 2.24) is 5.31 Å². The van der Waals surface area contributed by atoms with Crippen LogP contribution in [0.4, 0.5) is 0 Å². The average Bonchev–Trinajstić information content (AvgIpc) is 2.28. The minimum Gasteiger partial charge on any atom is -0.306 e. The molecule has 2 nitrogen and oxygen atoms in total. The van der Waals surface area contributed by atoms with E-state index in [2.05, 4.69) is 0 Å². The third-order valence-electron chi connectivity index (χ3n) is 0.924. The van der Waals surface area contributed by atoms with Crippen LogP contribution >= 0.6 is 0 Å². The molecule has 0 aromatic carbocycles. The van der Waals surface area contributed by atoms with Crippen LogP contribution in [0.3, 0.4) is 0 Å². The zero-order valence-corrected chi connectivity index (χ0v) is 5.36. The van der Waals surface area contributed by atoms with Crippen LogP contribution in [0.25, 0.3) is 0 Å². The highest BCUT2D eigenvalue weighted by atomic mass is 16.1. The summed E-state index contributed by atoms with van der Waals surface area (Å²) in [6, 6.07) is 0. The summed E-state index contributed by atoms with van der Waals surface area (Å²) in [6.07, 6.45) is -8.37. The number of hydrogen-bond donors (Lipinski definition) is 1. The van der Waals surface area contributed by atoms with Crippen molar-refractivity contribution in [3.63, 3.8) is 0 Å². The molecule has 0 aromatic heterocycles. The van der Waals surface area contributed by atoms with Crippen molar-refractivity contribution in [2.75, 3.05) is 0 Å². The molecule has 1 rings (SSSR count). The van der Waals surface area contributed by atoms with E-state index >= 15 is 0 Å². The minimum absolute atomic E-state index is 1.05. The molecule has 64 valence electrons. The smallest absolute Gasteiger partial charge is 0.136 e. The molecule has 0 bridgehead atoms. The van der Waals surface area contributed by atoms with Crippen LogP contribution in [0.2, 0.25) is 1.41 Å². The number of Topliss-reactive ketones (excluding diaryl/α,β-unsaturated/α-hetero) is 1. The maximum absolute atomic E-state index is 12.7. The third-order valence-corrected chi connectivity index (χ3v) is 0.924. The maximum Gasteiger partial charge on any atom is 0.136 e. The molecule has 1 aliphatic heterocycles. The monoisotopic (exact) mass is 173 g/mol. The standard InChI is InChI=1S/C9H17NO/c1-8(2)5-7(11)6-9(3,4)10-8/h10H,5-6H2,1-4H3/i1D3,2D3,3D3,4D3,5D2,6D2,10+1/hD. The molecule has 0 radical (unpaired) electrons. The number of nitrogens with one attached hydrogen (secondary N) is 1. The minimum atomic E-state index is -4.29. The molecular formula is C9H17NO. The van der Waals surface area contributed by atoms with E-state index < -0.39 is 62.3 Å². The number of carbonyl (C=O) groups is 1. The Bertz CT molecular complexity index is 566. The lowest BCUT2D eigenvalue weighted by Gasteiger charge is -2.41. The van der Waals surface area contributed by atoms with Crippen LogP contribution in [-0.2, 0) is 4.79 Å². The Kier molecular flexibility index (Phi) is 0.271. The number of carbonyl (C=O) groups excluding carboxylic acids is 1. The predicted molar refractivity (Wildman–Crippen MR) is 45.5 cm³/mol. The summed E-state index contributed by atoms with van der Waals surface area (Å²) in [7, 11) is 0. The lowest BCUT2D eigenvalue weighted by Crippen LogP contribution is -2.58. The Labute approximate surface area is 92.3 Å². The van der Waals surface area contributed by atoms with Gasteiger partial charge in [0, 0.05) is 45.8 Å². The van der Waals surface area contributed by atoms with Crippen LogP contribution in [-0.4, -0.2) is 16.9 Å². The molecule has 1 fully saturated rings. The van der Waals surface area contributed by atoms with E-state index in [1.807, 2.05) is 0 Å². The number of ketones is 1. The van der Waals surface area contributed by atoms with Gasteiger partial charge in [-0.3, -0.25) is 4.79 Å². The van der Waals surface area contributed by atoms with E-state index in [0.29, 0.717) is 0 Å². The fourth-order valence-electron chi connectivity index (χ4n) is 0.667. The van der Waals surface area contributed by atoms with Crippen molar-refractivity contribution >= 4 is 5.78 Å². The number of piperidine rings is 1. The van der Waals surface area contributed by atoms with Gasteiger partial charge in [-0.05, 0) is 27.4 Å². The normalized spacial score (nSPS) is 66.9. The molecule has 1 heterocycles. The van der Waals surface area contributed by atoms with Crippen LogP contribution in [0.15, 0.2) is 0 Å². The largest absolute Gasteiger partial charge is 0.306 e. The van der Waals surface area contributed by atoms with Gasteiger partial charge in [-0.1, -0.05) is 0 Å². The van der Waals surface area contributed by atoms with Gasteiger partial charge >= 0.3 is 0 Å². The SMILES string of the molecule is [2H][15N]1C(C([2H])([2H])[2H])(C([2H])([2H])[2H])C([2H])([2H])C(=O)C([2H])([2H])C1(C([2H])([2H])[2H])C([2H])([2H])[2H]. The van der Waals surface area contributed by atoms with E-state index in [4.69, 9.17) is 23.3 Å². The van der Waals surface area contributed by atoms with E-state index in [0.717, 1.165) is 0 Å². The molecule has 1 saturated heterocycles. The van der Waals surface area contributed by atoms with Crippen molar-refractivity contribution < 1.29 is 28.1 Å². The summed E-state index contributed by atoms with van der Waals surface area (Å²) < 4.78 is 130. The quantitative estimate of drug-likeness (QED) is 0.562. The Morgan fingerprint density at radius 2 is 1.91 bits per heavy atom. The Morgan fingerprint density at radius 3 is 2.27 bits per heavy atom. The fourth-order valence-corrected chi connectivity index (χ4v) is 0.667. The van der Waals surface area contributed by atoms with Gasteiger partial charge in [-0.15, -0.1) is 0 Å². The van der Waals surface area contributed by atoms with E-state index in [-0.39, 0.29) is 0 Å². The molecular weight excluding hydrogens is 139 g/mol. The highest BCUT2D eigenvalue weighted by molar-refractivity contribution is 5.81. The Morgan fingerprint density at radius 1 is 1.45 bits per heavy atom.